The number of anilines is 1. The van der Waals surface area contributed by atoms with E-state index in [-0.39, 0.29) is 22.9 Å². The van der Waals surface area contributed by atoms with Gasteiger partial charge < -0.3 is 15.4 Å². The zero-order chi connectivity index (χ0) is 22.3. The average Bonchev–Trinajstić information content (AvgIpc) is 2.76. The van der Waals surface area contributed by atoms with E-state index in [9.17, 15) is 22.8 Å². The van der Waals surface area contributed by atoms with Gasteiger partial charge in [-0.1, -0.05) is 48.5 Å². The summed E-state index contributed by atoms with van der Waals surface area (Å²) in [5.74, 6) is -0.844. The van der Waals surface area contributed by atoms with Gasteiger partial charge in [-0.2, -0.15) is 13.2 Å². The number of rotatable bonds is 7. The molecule has 0 saturated carbocycles. The van der Waals surface area contributed by atoms with Crippen LogP contribution in [-0.2, 0) is 17.5 Å². The highest BCUT2D eigenvalue weighted by Gasteiger charge is 2.30. The van der Waals surface area contributed by atoms with E-state index in [4.69, 9.17) is 4.74 Å². The molecule has 0 radical (unpaired) electrons. The standard InChI is InChI=1S/C23H19F3N2O3/c24-23(25,26)17-9-6-10-18(13-17)28-21(29)15-31-20-12-5-4-11-19(20)22(30)27-14-16-7-2-1-3-8-16/h1-13H,14-15H2,(H,27,30)(H,28,29). The second-order valence-electron chi connectivity index (χ2n) is 6.58. The third-order valence-electron chi connectivity index (χ3n) is 4.26. The van der Waals surface area contributed by atoms with Crippen LogP contribution in [0.1, 0.15) is 21.5 Å². The Morgan fingerprint density at radius 1 is 0.871 bits per heavy atom. The summed E-state index contributed by atoms with van der Waals surface area (Å²) in [5.41, 5.74) is 0.295. The van der Waals surface area contributed by atoms with E-state index in [2.05, 4.69) is 10.6 Å². The van der Waals surface area contributed by atoms with Crippen LogP contribution in [0.2, 0.25) is 0 Å². The van der Waals surface area contributed by atoms with E-state index >= 15 is 0 Å². The van der Waals surface area contributed by atoms with Crippen LogP contribution in [0.3, 0.4) is 0 Å². The molecule has 0 heterocycles. The van der Waals surface area contributed by atoms with Gasteiger partial charge in [0.25, 0.3) is 11.8 Å². The Morgan fingerprint density at radius 2 is 1.58 bits per heavy atom. The van der Waals surface area contributed by atoms with Gasteiger partial charge >= 0.3 is 6.18 Å². The van der Waals surface area contributed by atoms with E-state index in [1.165, 1.54) is 18.2 Å². The molecule has 0 bridgehead atoms. The Labute approximate surface area is 176 Å². The maximum Gasteiger partial charge on any atom is 0.416 e. The topological polar surface area (TPSA) is 67.4 Å². The molecule has 0 spiro atoms. The zero-order valence-electron chi connectivity index (χ0n) is 16.3. The number of amides is 2. The fourth-order valence-electron chi connectivity index (χ4n) is 2.77. The van der Waals surface area contributed by atoms with Crippen molar-refractivity contribution in [1.82, 2.24) is 5.32 Å². The lowest BCUT2D eigenvalue weighted by Gasteiger charge is -2.13. The summed E-state index contributed by atoms with van der Waals surface area (Å²) in [5, 5.41) is 5.13. The molecule has 0 aliphatic heterocycles. The van der Waals surface area contributed by atoms with Crippen molar-refractivity contribution in [3.8, 4) is 5.75 Å². The van der Waals surface area contributed by atoms with Crippen LogP contribution >= 0.6 is 0 Å². The van der Waals surface area contributed by atoms with Crippen molar-refractivity contribution < 1.29 is 27.5 Å². The molecular weight excluding hydrogens is 409 g/mol. The molecule has 31 heavy (non-hydrogen) atoms. The summed E-state index contributed by atoms with van der Waals surface area (Å²) in [6, 6.07) is 20.0. The normalized spacial score (nSPS) is 10.9. The van der Waals surface area contributed by atoms with Gasteiger partial charge in [0, 0.05) is 12.2 Å². The second-order valence-corrected chi connectivity index (χ2v) is 6.58. The first-order valence-electron chi connectivity index (χ1n) is 9.34. The maximum absolute atomic E-state index is 12.8. The lowest BCUT2D eigenvalue weighted by molar-refractivity contribution is -0.137. The van der Waals surface area contributed by atoms with Crippen molar-refractivity contribution in [2.24, 2.45) is 0 Å². The van der Waals surface area contributed by atoms with Gasteiger partial charge in [-0.15, -0.1) is 0 Å². The highest BCUT2D eigenvalue weighted by molar-refractivity contribution is 5.97. The number of halogens is 3. The zero-order valence-corrected chi connectivity index (χ0v) is 16.3. The number of ether oxygens (including phenoxy) is 1. The van der Waals surface area contributed by atoms with Gasteiger partial charge in [0.2, 0.25) is 0 Å². The molecule has 0 fully saturated rings. The number of benzene rings is 3. The van der Waals surface area contributed by atoms with Crippen molar-refractivity contribution >= 4 is 17.5 Å². The minimum Gasteiger partial charge on any atom is -0.483 e. The monoisotopic (exact) mass is 428 g/mol. The quantitative estimate of drug-likeness (QED) is 0.576. The van der Waals surface area contributed by atoms with Crippen molar-refractivity contribution in [1.29, 1.82) is 0 Å². The fraction of sp³-hybridized carbons (Fsp3) is 0.130. The summed E-state index contributed by atoms with van der Waals surface area (Å²) in [7, 11) is 0. The minimum atomic E-state index is -4.51. The predicted octanol–water partition coefficient (Wildman–Crippen LogP) is 4.65. The van der Waals surface area contributed by atoms with Crippen LogP contribution in [0.5, 0.6) is 5.75 Å². The van der Waals surface area contributed by atoms with Crippen LogP contribution in [-0.4, -0.2) is 18.4 Å². The van der Waals surface area contributed by atoms with Crippen LogP contribution < -0.4 is 15.4 Å². The molecule has 2 N–H and O–H groups in total. The van der Waals surface area contributed by atoms with Gasteiger partial charge in [-0.3, -0.25) is 9.59 Å². The molecule has 3 aromatic rings. The predicted molar refractivity (Wildman–Crippen MR) is 110 cm³/mol. The first-order valence-corrected chi connectivity index (χ1v) is 9.34. The van der Waals surface area contributed by atoms with Gasteiger partial charge in [-0.05, 0) is 35.9 Å². The summed E-state index contributed by atoms with van der Waals surface area (Å²) >= 11 is 0. The number of alkyl halides is 3. The molecule has 0 unspecified atom stereocenters. The molecule has 160 valence electrons. The Hall–Kier alpha value is -3.81. The third kappa shape index (κ3) is 6.33. The summed E-state index contributed by atoms with van der Waals surface area (Å²) in [6.45, 7) is -0.150. The minimum absolute atomic E-state index is 0.00249. The molecule has 0 aliphatic rings. The third-order valence-corrected chi connectivity index (χ3v) is 4.26. The first kappa shape index (κ1) is 21.9. The number of hydrogen-bond acceptors (Lipinski definition) is 3. The van der Waals surface area contributed by atoms with Crippen LogP contribution in [0.4, 0.5) is 18.9 Å². The molecule has 0 aromatic heterocycles. The van der Waals surface area contributed by atoms with E-state index in [0.717, 1.165) is 17.7 Å². The van der Waals surface area contributed by atoms with Crippen molar-refractivity contribution in [3.05, 3.63) is 95.6 Å². The van der Waals surface area contributed by atoms with Crippen LogP contribution in [0, 0.1) is 0 Å². The van der Waals surface area contributed by atoms with E-state index in [0.29, 0.717) is 6.54 Å². The Kier molecular flexibility index (Phi) is 6.92. The van der Waals surface area contributed by atoms with E-state index in [1.54, 1.807) is 18.2 Å². The van der Waals surface area contributed by atoms with Crippen molar-refractivity contribution in [3.63, 3.8) is 0 Å². The van der Waals surface area contributed by atoms with Gasteiger partial charge in [0.05, 0.1) is 11.1 Å². The molecule has 8 heteroatoms. The van der Waals surface area contributed by atoms with Crippen molar-refractivity contribution in [2.45, 2.75) is 12.7 Å². The van der Waals surface area contributed by atoms with E-state index < -0.39 is 24.3 Å². The molecule has 0 atom stereocenters. The Bertz CT molecular complexity index is 1050. The number of hydrogen-bond donors (Lipinski definition) is 2. The van der Waals surface area contributed by atoms with Crippen LogP contribution in [0.15, 0.2) is 78.9 Å². The Morgan fingerprint density at radius 3 is 2.32 bits per heavy atom. The van der Waals surface area contributed by atoms with Gasteiger partial charge in [-0.25, -0.2) is 0 Å². The number of para-hydroxylation sites is 1. The van der Waals surface area contributed by atoms with Crippen molar-refractivity contribution in [2.75, 3.05) is 11.9 Å². The molecular formula is C23H19F3N2O3. The second kappa shape index (κ2) is 9.80. The molecule has 5 nitrogen and oxygen atoms in total. The summed E-state index contributed by atoms with van der Waals surface area (Å²) < 4.78 is 43.8. The number of carbonyl (C=O) groups is 2. The number of carbonyl (C=O) groups excluding carboxylic acids is 2. The highest BCUT2D eigenvalue weighted by Crippen LogP contribution is 2.30. The fourth-order valence-corrected chi connectivity index (χ4v) is 2.77. The largest absolute Gasteiger partial charge is 0.483 e. The highest BCUT2D eigenvalue weighted by atomic mass is 19.4. The van der Waals surface area contributed by atoms with E-state index in [1.807, 2.05) is 30.3 Å². The van der Waals surface area contributed by atoms with Gasteiger partial charge in [0.1, 0.15) is 5.75 Å². The molecule has 0 saturated heterocycles. The molecule has 2 amide bonds. The lowest BCUT2D eigenvalue weighted by atomic mass is 10.1. The van der Waals surface area contributed by atoms with Crippen LogP contribution in [0.25, 0.3) is 0 Å². The Balaban J connectivity index is 1.59. The lowest BCUT2D eigenvalue weighted by Crippen LogP contribution is -2.25. The molecule has 3 aromatic carbocycles. The average molecular weight is 428 g/mol. The summed E-state index contributed by atoms with van der Waals surface area (Å²) in [6.07, 6.45) is -4.51. The maximum atomic E-state index is 12.8. The summed E-state index contributed by atoms with van der Waals surface area (Å²) in [4.78, 5) is 24.6. The first-order chi connectivity index (χ1) is 14.8. The molecule has 3 rings (SSSR count). The SMILES string of the molecule is O=C(COc1ccccc1C(=O)NCc1ccccc1)Nc1cccc(C(F)(F)F)c1. The molecule has 0 aliphatic carbocycles. The number of nitrogens with one attached hydrogen (secondary N) is 2. The van der Waals surface area contributed by atoms with Gasteiger partial charge in [0.15, 0.2) is 6.61 Å². The smallest absolute Gasteiger partial charge is 0.416 e.